The van der Waals surface area contributed by atoms with Crippen LogP contribution in [0.1, 0.15) is 42.9 Å². The van der Waals surface area contributed by atoms with E-state index in [0.29, 0.717) is 24.3 Å². The summed E-state index contributed by atoms with van der Waals surface area (Å²) < 4.78 is 10.5. The summed E-state index contributed by atoms with van der Waals surface area (Å²) in [5.74, 6) is 2.21. The highest BCUT2D eigenvalue weighted by atomic mass is 16.5. The topological polar surface area (TPSA) is 74.2 Å². The normalized spacial score (nSPS) is 28.2. The number of hydrogen-bond donors (Lipinski definition) is 1. The summed E-state index contributed by atoms with van der Waals surface area (Å²) in [6.07, 6.45) is 3.36. The molecule has 3 rings (SSSR count). The second kappa shape index (κ2) is 3.57. The van der Waals surface area contributed by atoms with E-state index in [-0.39, 0.29) is 6.04 Å². The molecule has 0 bridgehead atoms. The van der Waals surface area contributed by atoms with Crippen molar-refractivity contribution < 1.29 is 9.26 Å². The summed E-state index contributed by atoms with van der Waals surface area (Å²) in [6, 6.07) is -0.0615. The molecule has 0 radical (unpaired) electrons. The van der Waals surface area contributed by atoms with Crippen molar-refractivity contribution in [2.24, 2.45) is 11.7 Å². The van der Waals surface area contributed by atoms with Gasteiger partial charge in [0.25, 0.3) is 0 Å². The van der Waals surface area contributed by atoms with Crippen LogP contribution in [0.4, 0.5) is 0 Å². The highest BCUT2D eigenvalue weighted by molar-refractivity contribution is 5.02. The average Bonchev–Trinajstić information content (AvgIpc) is 2.80. The molecule has 2 atom stereocenters. The van der Waals surface area contributed by atoms with E-state index in [9.17, 15) is 0 Å². The molecule has 0 spiro atoms. The van der Waals surface area contributed by atoms with Crippen molar-refractivity contribution in [2.75, 3.05) is 13.2 Å². The van der Waals surface area contributed by atoms with E-state index in [2.05, 4.69) is 10.1 Å². The van der Waals surface area contributed by atoms with Crippen LogP contribution in [0.2, 0.25) is 0 Å². The van der Waals surface area contributed by atoms with E-state index < -0.39 is 0 Å². The van der Waals surface area contributed by atoms with Gasteiger partial charge in [0.1, 0.15) is 0 Å². The minimum Gasteiger partial charge on any atom is -0.381 e. The molecule has 0 aromatic carbocycles. The van der Waals surface area contributed by atoms with E-state index in [1.54, 1.807) is 0 Å². The lowest BCUT2D eigenvalue weighted by Crippen LogP contribution is -2.13. The molecule has 1 saturated heterocycles. The van der Waals surface area contributed by atoms with Gasteiger partial charge in [0.15, 0.2) is 5.82 Å². The predicted molar refractivity (Wildman–Crippen MR) is 52.1 cm³/mol. The molecule has 0 amide bonds. The van der Waals surface area contributed by atoms with Gasteiger partial charge in [0, 0.05) is 12.5 Å². The zero-order valence-corrected chi connectivity index (χ0v) is 8.56. The fourth-order valence-corrected chi connectivity index (χ4v) is 1.94. The molecule has 5 heteroatoms. The Kier molecular flexibility index (Phi) is 2.21. The Bertz CT molecular complexity index is 326. The maximum absolute atomic E-state index is 5.98. The van der Waals surface area contributed by atoms with Gasteiger partial charge < -0.3 is 15.0 Å². The third-order valence-corrected chi connectivity index (χ3v) is 3.17. The third-order valence-electron chi connectivity index (χ3n) is 3.17. The molecule has 15 heavy (non-hydrogen) atoms. The van der Waals surface area contributed by atoms with Crippen molar-refractivity contribution in [2.45, 2.75) is 31.2 Å². The van der Waals surface area contributed by atoms with Crippen LogP contribution in [-0.4, -0.2) is 23.4 Å². The van der Waals surface area contributed by atoms with Gasteiger partial charge in [-0.3, -0.25) is 0 Å². The zero-order valence-electron chi connectivity index (χ0n) is 8.56. The quantitative estimate of drug-likeness (QED) is 0.803. The molecule has 1 saturated carbocycles. The van der Waals surface area contributed by atoms with Crippen LogP contribution >= 0.6 is 0 Å². The summed E-state index contributed by atoms with van der Waals surface area (Å²) in [7, 11) is 0. The van der Waals surface area contributed by atoms with E-state index in [1.807, 2.05) is 0 Å². The van der Waals surface area contributed by atoms with Crippen LogP contribution in [0.15, 0.2) is 4.52 Å². The molecule has 2 unspecified atom stereocenters. The Labute approximate surface area is 88.0 Å². The van der Waals surface area contributed by atoms with Crippen molar-refractivity contribution in [1.29, 1.82) is 0 Å². The van der Waals surface area contributed by atoms with E-state index >= 15 is 0 Å². The van der Waals surface area contributed by atoms with Crippen LogP contribution in [0, 0.1) is 5.92 Å². The first-order valence-electron chi connectivity index (χ1n) is 5.51. The fraction of sp³-hybridized carbons (Fsp3) is 0.800. The molecule has 1 aliphatic heterocycles. The maximum atomic E-state index is 5.98. The Morgan fingerprint density at radius 3 is 2.87 bits per heavy atom. The van der Waals surface area contributed by atoms with Crippen molar-refractivity contribution in [3.63, 3.8) is 0 Å². The van der Waals surface area contributed by atoms with Crippen LogP contribution in [0.5, 0.6) is 0 Å². The number of nitrogens with two attached hydrogens (primary N) is 1. The number of nitrogens with zero attached hydrogens (tertiary/aromatic N) is 2. The van der Waals surface area contributed by atoms with Gasteiger partial charge in [0.05, 0.1) is 12.6 Å². The Hall–Kier alpha value is -0.940. The van der Waals surface area contributed by atoms with Crippen molar-refractivity contribution in [3.05, 3.63) is 11.7 Å². The predicted octanol–water partition coefficient (Wildman–Crippen LogP) is 0.983. The Morgan fingerprint density at radius 2 is 2.20 bits per heavy atom. The fourth-order valence-electron chi connectivity index (χ4n) is 1.94. The second-order valence-electron chi connectivity index (χ2n) is 4.41. The van der Waals surface area contributed by atoms with Gasteiger partial charge >= 0.3 is 0 Å². The van der Waals surface area contributed by atoms with E-state index in [4.69, 9.17) is 15.0 Å². The summed E-state index contributed by atoms with van der Waals surface area (Å²) >= 11 is 0. The first-order chi connectivity index (χ1) is 7.34. The SMILES string of the molecule is NC(c1nc(C2CCOC2)no1)C1CC1. The molecule has 2 N–H and O–H groups in total. The van der Waals surface area contributed by atoms with Crippen LogP contribution < -0.4 is 5.73 Å². The van der Waals surface area contributed by atoms with Crippen LogP contribution in [0.25, 0.3) is 0 Å². The molecular weight excluding hydrogens is 194 g/mol. The van der Waals surface area contributed by atoms with Crippen molar-refractivity contribution in [1.82, 2.24) is 10.1 Å². The second-order valence-corrected chi connectivity index (χ2v) is 4.41. The number of ether oxygens (including phenoxy) is 1. The van der Waals surface area contributed by atoms with Crippen molar-refractivity contribution in [3.8, 4) is 0 Å². The minimum atomic E-state index is -0.0615. The first kappa shape index (κ1) is 9.30. The highest BCUT2D eigenvalue weighted by Crippen LogP contribution is 2.39. The third kappa shape index (κ3) is 1.77. The number of hydrogen-bond acceptors (Lipinski definition) is 5. The largest absolute Gasteiger partial charge is 0.381 e. The van der Waals surface area contributed by atoms with Crippen molar-refractivity contribution >= 4 is 0 Å². The monoisotopic (exact) mass is 209 g/mol. The molecule has 1 aromatic rings. The Balaban J connectivity index is 1.74. The molecule has 2 fully saturated rings. The average molecular weight is 209 g/mol. The number of rotatable bonds is 3. The summed E-state index contributed by atoms with van der Waals surface area (Å²) in [6.45, 7) is 1.50. The molecule has 1 aliphatic carbocycles. The van der Waals surface area contributed by atoms with Gasteiger partial charge in [-0.15, -0.1) is 0 Å². The Morgan fingerprint density at radius 1 is 1.33 bits per heavy atom. The van der Waals surface area contributed by atoms with E-state index in [0.717, 1.165) is 18.9 Å². The van der Waals surface area contributed by atoms with Gasteiger partial charge in [-0.05, 0) is 25.2 Å². The maximum Gasteiger partial charge on any atom is 0.243 e. The first-order valence-corrected chi connectivity index (χ1v) is 5.51. The lowest BCUT2D eigenvalue weighted by atomic mass is 10.1. The van der Waals surface area contributed by atoms with Gasteiger partial charge in [0.2, 0.25) is 5.89 Å². The van der Waals surface area contributed by atoms with Gasteiger partial charge in [-0.2, -0.15) is 4.98 Å². The molecule has 82 valence electrons. The highest BCUT2D eigenvalue weighted by Gasteiger charge is 2.34. The van der Waals surface area contributed by atoms with Crippen LogP contribution in [0.3, 0.4) is 0 Å². The molecule has 2 aliphatic rings. The number of aromatic nitrogens is 2. The lowest BCUT2D eigenvalue weighted by molar-refractivity contribution is 0.192. The minimum absolute atomic E-state index is 0.0615. The molecule has 5 nitrogen and oxygen atoms in total. The smallest absolute Gasteiger partial charge is 0.243 e. The molecule has 2 heterocycles. The summed E-state index contributed by atoms with van der Waals surface area (Å²) in [5, 5.41) is 3.98. The van der Waals surface area contributed by atoms with E-state index in [1.165, 1.54) is 12.8 Å². The molecule has 1 aromatic heterocycles. The standard InChI is InChI=1S/C10H15N3O2/c11-8(6-1-2-6)10-12-9(13-15-10)7-3-4-14-5-7/h6-8H,1-5,11H2. The lowest BCUT2D eigenvalue weighted by Gasteiger charge is -2.02. The summed E-state index contributed by atoms with van der Waals surface area (Å²) in [4.78, 5) is 4.37. The zero-order chi connectivity index (χ0) is 10.3. The summed E-state index contributed by atoms with van der Waals surface area (Å²) in [5.41, 5.74) is 5.98. The molecular formula is C10H15N3O2. The van der Waals surface area contributed by atoms with Gasteiger partial charge in [-0.1, -0.05) is 5.16 Å². The van der Waals surface area contributed by atoms with Gasteiger partial charge in [-0.25, -0.2) is 0 Å². The van der Waals surface area contributed by atoms with Crippen LogP contribution in [-0.2, 0) is 4.74 Å².